The maximum absolute atomic E-state index is 13.7. The van der Waals surface area contributed by atoms with E-state index in [4.69, 9.17) is 15.7 Å². The number of imidazole rings is 1. The van der Waals surface area contributed by atoms with Gasteiger partial charge in [0.25, 0.3) is 5.91 Å². The van der Waals surface area contributed by atoms with Crippen LogP contribution >= 0.6 is 0 Å². The average molecular weight is 570 g/mol. The van der Waals surface area contributed by atoms with Crippen LogP contribution < -0.4 is 16.4 Å². The number of anilines is 2. The first-order valence-corrected chi connectivity index (χ1v) is 12.8. The fourth-order valence-electron chi connectivity index (χ4n) is 4.17. The molecule has 1 aromatic carbocycles. The maximum Gasteiger partial charge on any atom is 0.435 e. The van der Waals surface area contributed by atoms with Gasteiger partial charge in [-0.1, -0.05) is 6.92 Å². The highest BCUT2D eigenvalue weighted by Gasteiger charge is 2.38. The van der Waals surface area contributed by atoms with Crippen molar-refractivity contribution >= 4 is 23.1 Å². The number of hydrogen-bond donors (Lipinski definition) is 3. The second kappa shape index (κ2) is 11.9. The normalized spacial score (nSPS) is 12.0. The Morgan fingerprint density at radius 3 is 2.71 bits per heavy atom. The fourth-order valence-corrected chi connectivity index (χ4v) is 4.17. The second-order valence-corrected chi connectivity index (χ2v) is 10.0. The van der Waals surface area contributed by atoms with Crippen LogP contribution in [0.25, 0.3) is 16.9 Å². The lowest BCUT2D eigenvalue weighted by molar-refractivity contribution is -0.141. The molecule has 0 unspecified atom stereocenters. The first-order valence-electron chi connectivity index (χ1n) is 12.8. The van der Waals surface area contributed by atoms with Crippen LogP contribution in [0, 0.1) is 11.3 Å². The standard InChI is InChI=1S/C27H30F3N9O2/c1-4-17-13-18(5-6-19(17)25(40)34-9-12-41-16-26(2,3)32)36-23-24-35-14-21(39(24)11-8-33-23)20-15-38(10-7-31)37-22(20)27(28,29)30/h5-6,8,11,13-15H,4,9-10,12,16,32H2,1-3H3,(H,33,36)(H,34,40). The topological polar surface area (TPSA) is 148 Å². The van der Waals surface area contributed by atoms with Gasteiger partial charge in [0.2, 0.25) is 0 Å². The van der Waals surface area contributed by atoms with Crippen molar-refractivity contribution in [1.29, 1.82) is 5.26 Å². The van der Waals surface area contributed by atoms with Gasteiger partial charge in [-0.2, -0.15) is 23.5 Å². The van der Waals surface area contributed by atoms with Crippen molar-refractivity contribution in [2.75, 3.05) is 25.1 Å². The minimum Gasteiger partial charge on any atom is -0.378 e. The van der Waals surface area contributed by atoms with Crippen molar-refractivity contribution in [3.8, 4) is 17.3 Å². The minimum atomic E-state index is -4.73. The molecule has 0 bridgehead atoms. The highest BCUT2D eigenvalue weighted by Crippen LogP contribution is 2.37. The lowest BCUT2D eigenvalue weighted by Gasteiger charge is -2.18. The van der Waals surface area contributed by atoms with Gasteiger partial charge in [-0.15, -0.1) is 0 Å². The van der Waals surface area contributed by atoms with E-state index in [1.165, 1.54) is 29.2 Å². The number of halogens is 3. The van der Waals surface area contributed by atoms with E-state index in [2.05, 4.69) is 25.7 Å². The second-order valence-electron chi connectivity index (χ2n) is 10.0. The van der Waals surface area contributed by atoms with E-state index in [0.717, 1.165) is 10.2 Å². The zero-order valence-electron chi connectivity index (χ0n) is 22.8. The Balaban J connectivity index is 1.55. The summed E-state index contributed by atoms with van der Waals surface area (Å²) in [5, 5.41) is 18.5. The van der Waals surface area contributed by atoms with Crippen LogP contribution in [0.4, 0.5) is 24.7 Å². The quantitative estimate of drug-likeness (QED) is 0.230. The van der Waals surface area contributed by atoms with Crippen LogP contribution in [-0.2, 0) is 23.9 Å². The smallest absolute Gasteiger partial charge is 0.378 e. The van der Waals surface area contributed by atoms with Crippen molar-refractivity contribution in [3.05, 3.63) is 59.8 Å². The molecule has 3 heterocycles. The van der Waals surface area contributed by atoms with Gasteiger partial charge in [-0.3, -0.25) is 13.9 Å². The van der Waals surface area contributed by atoms with E-state index in [-0.39, 0.29) is 29.4 Å². The molecule has 0 aliphatic carbocycles. The summed E-state index contributed by atoms with van der Waals surface area (Å²) in [7, 11) is 0. The SMILES string of the molecule is CCc1cc(Nc2nccn3c(-c4cn(CC#N)nc4C(F)(F)F)cnc23)ccc1C(=O)NCCOCC(C)(C)N. The summed E-state index contributed by atoms with van der Waals surface area (Å²) in [4.78, 5) is 21.4. The molecule has 0 saturated carbocycles. The molecule has 0 fully saturated rings. The van der Waals surface area contributed by atoms with Crippen LogP contribution in [0.5, 0.6) is 0 Å². The van der Waals surface area contributed by atoms with Crippen molar-refractivity contribution in [2.24, 2.45) is 5.73 Å². The van der Waals surface area contributed by atoms with Crippen LogP contribution in [-0.4, -0.2) is 55.4 Å². The molecule has 4 rings (SSSR count). The van der Waals surface area contributed by atoms with E-state index in [0.29, 0.717) is 43.2 Å². The van der Waals surface area contributed by atoms with Crippen molar-refractivity contribution in [3.63, 3.8) is 0 Å². The number of aryl methyl sites for hydroxylation is 1. The number of nitrogens with one attached hydrogen (secondary N) is 2. The molecule has 3 aromatic heterocycles. The lowest BCUT2D eigenvalue weighted by atomic mass is 10.0. The van der Waals surface area contributed by atoms with Gasteiger partial charge in [-0.05, 0) is 44.0 Å². The lowest BCUT2D eigenvalue weighted by Crippen LogP contribution is -2.38. The number of ether oxygens (including phenoxy) is 1. The number of hydrogen-bond acceptors (Lipinski definition) is 8. The summed E-state index contributed by atoms with van der Waals surface area (Å²) in [6, 6.07) is 7.01. The largest absolute Gasteiger partial charge is 0.435 e. The van der Waals surface area contributed by atoms with Crippen molar-refractivity contribution in [2.45, 2.75) is 45.5 Å². The Morgan fingerprint density at radius 1 is 1.24 bits per heavy atom. The third-order valence-corrected chi connectivity index (χ3v) is 5.97. The number of nitrogens with zero attached hydrogens (tertiary/aromatic N) is 6. The van der Waals surface area contributed by atoms with Gasteiger partial charge >= 0.3 is 6.18 Å². The van der Waals surface area contributed by atoms with Gasteiger partial charge in [0, 0.05) is 41.9 Å². The summed E-state index contributed by atoms with van der Waals surface area (Å²) in [5.41, 5.74) is 6.45. The zero-order chi connectivity index (χ0) is 29.8. The van der Waals surface area contributed by atoms with E-state index >= 15 is 0 Å². The Bertz CT molecular complexity index is 1580. The summed E-state index contributed by atoms with van der Waals surface area (Å²) < 4.78 is 49.0. The fraction of sp³-hybridized carbons (Fsp3) is 0.370. The van der Waals surface area contributed by atoms with Crippen LogP contribution in [0.3, 0.4) is 0 Å². The van der Waals surface area contributed by atoms with Crippen LogP contribution in [0.15, 0.2) is 43.0 Å². The zero-order valence-corrected chi connectivity index (χ0v) is 22.8. The molecule has 216 valence electrons. The van der Waals surface area contributed by atoms with Gasteiger partial charge in [0.05, 0.1) is 36.7 Å². The Hall–Kier alpha value is -4.48. The number of carbonyl (C=O) groups is 1. The number of rotatable bonds is 11. The minimum absolute atomic E-state index is 0.141. The van der Waals surface area contributed by atoms with Crippen LogP contribution in [0.1, 0.15) is 42.4 Å². The predicted molar refractivity (Wildman–Crippen MR) is 145 cm³/mol. The van der Waals surface area contributed by atoms with E-state index in [1.807, 2.05) is 26.8 Å². The molecule has 0 aliphatic heterocycles. The highest BCUT2D eigenvalue weighted by molar-refractivity contribution is 5.96. The molecule has 4 N–H and O–H groups in total. The molecule has 0 atom stereocenters. The molecule has 0 spiro atoms. The average Bonchev–Trinajstić information content (AvgIpc) is 3.53. The van der Waals surface area contributed by atoms with Crippen molar-refractivity contribution < 1.29 is 22.7 Å². The highest BCUT2D eigenvalue weighted by atomic mass is 19.4. The molecule has 11 nitrogen and oxygen atoms in total. The van der Waals surface area contributed by atoms with E-state index < -0.39 is 17.4 Å². The molecule has 0 radical (unpaired) electrons. The summed E-state index contributed by atoms with van der Waals surface area (Å²) in [6.07, 6.45) is 1.25. The predicted octanol–water partition coefficient (Wildman–Crippen LogP) is 3.92. The Kier molecular flexibility index (Phi) is 8.60. The molecule has 0 aliphatic rings. The summed E-state index contributed by atoms with van der Waals surface area (Å²) in [5.74, 6) is 0.0653. The molecular weight excluding hydrogens is 539 g/mol. The summed E-state index contributed by atoms with van der Waals surface area (Å²) >= 11 is 0. The van der Waals surface area contributed by atoms with Gasteiger partial charge in [0.1, 0.15) is 6.54 Å². The van der Waals surface area contributed by atoms with E-state index in [9.17, 15) is 18.0 Å². The van der Waals surface area contributed by atoms with Gasteiger partial charge < -0.3 is 21.1 Å². The number of aromatic nitrogens is 5. The first-order chi connectivity index (χ1) is 19.4. The number of carbonyl (C=O) groups excluding carboxylic acids is 1. The molecule has 14 heteroatoms. The summed E-state index contributed by atoms with van der Waals surface area (Å²) in [6.45, 7) is 6.34. The number of benzene rings is 1. The van der Waals surface area contributed by atoms with Crippen molar-refractivity contribution in [1.82, 2.24) is 29.5 Å². The molecule has 41 heavy (non-hydrogen) atoms. The van der Waals surface area contributed by atoms with Gasteiger partial charge in [0.15, 0.2) is 17.2 Å². The number of nitrogens with two attached hydrogens (primary N) is 1. The molecule has 1 amide bonds. The number of nitriles is 1. The monoisotopic (exact) mass is 569 g/mol. The Morgan fingerprint density at radius 2 is 2.02 bits per heavy atom. The first kappa shape index (κ1) is 29.5. The number of alkyl halides is 3. The van der Waals surface area contributed by atoms with Crippen LogP contribution in [0.2, 0.25) is 0 Å². The number of amides is 1. The Labute approximate surface area is 234 Å². The molecule has 0 saturated heterocycles. The van der Waals surface area contributed by atoms with E-state index in [1.54, 1.807) is 18.2 Å². The third-order valence-electron chi connectivity index (χ3n) is 5.97. The molecule has 4 aromatic rings. The maximum atomic E-state index is 13.7. The molecular formula is C27H30F3N9O2. The van der Waals surface area contributed by atoms with Gasteiger partial charge in [-0.25, -0.2) is 9.97 Å². The third kappa shape index (κ3) is 7.00. The number of fused-ring (bicyclic) bond motifs is 1.